The van der Waals surface area contributed by atoms with Crippen molar-refractivity contribution in [1.82, 2.24) is 4.98 Å². The number of amides is 2. The van der Waals surface area contributed by atoms with Crippen molar-refractivity contribution in [2.24, 2.45) is 0 Å². The number of hydrogen-bond donors (Lipinski definition) is 2. The normalized spacial score (nSPS) is 16.8. The van der Waals surface area contributed by atoms with E-state index in [1.807, 2.05) is 23.6 Å². The smallest absolute Gasteiger partial charge is 0.257 e. The minimum Gasteiger partial charge on any atom is -0.454 e. The number of thiazole rings is 1. The van der Waals surface area contributed by atoms with Crippen molar-refractivity contribution in [3.63, 3.8) is 0 Å². The topological polar surface area (TPSA) is 98.8 Å². The molecule has 1 aromatic heterocycles. The Hall–Kier alpha value is -3.43. The van der Waals surface area contributed by atoms with Gasteiger partial charge in [0, 0.05) is 28.8 Å². The molecule has 8 nitrogen and oxygen atoms in total. The van der Waals surface area contributed by atoms with Crippen molar-refractivity contribution in [1.29, 1.82) is 0 Å². The number of rotatable bonds is 5. The maximum Gasteiger partial charge on any atom is 0.257 e. The molecular weight excluding hydrogens is 418 g/mol. The van der Waals surface area contributed by atoms with Gasteiger partial charge in [-0.1, -0.05) is 6.07 Å². The van der Waals surface area contributed by atoms with Crippen LogP contribution in [0.15, 0.2) is 47.8 Å². The molecular formula is C22H19N3O5S. The first-order chi connectivity index (χ1) is 15.2. The number of fused-ring (bicyclic) bond motifs is 1. The van der Waals surface area contributed by atoms with Gasteiger partial charge in [-0.05, 0) is 49.2 Å². The van der Waals surface area contributed by atoms with Crippen LogP contribution in [0.3, 0.4) is 0 Å². The maximum absolute atomic E-state index is 12.7. The van der Waals surface area contributed by atoms with E-state index in [0.29, 0.717) is 40.9 Å². The Morgan fingerprint density at radius 3 is 2.84 bits per heavy atom. The Kier molecular flexibility index (Phi) is 5.27. The zero-order valence-corrected chi connectivity index (χ0v) is 17.2. The van der Waals surface area contributed by atoms with Crippen molar-refractivity contribution in [2.75, 3.05) is 24.0 Å². The molecule has 2 N–H and O–H groups in total. The predicted molar refractivity (Wildman–Crippen MR) is 116 cm³/mol. The average Bonchev–Trinajstić information content (AvgIpc) is 3.54. The fraction of sp³-hybridized carbons (Fsp3) is 0.227. The molecule has 0 bridgehead atoms. The number of hydrogen-bond acceptors (Lipinski definition) is 7. The van der Waals surface area contributed by atoms with Crippen molar-refractivity contribution >= 4 is 34.0 Å². The lowest BCUT2D eigenvalue weighted by Gasteiger charge is -2.11. The molecule has 0 aliphatic carbocycles. The molecule has 1 saturated heterocycles. The van der Waals surface area contributed by atoms with Crippen LogP contribution in [0.4, 0.5) is 10.8 Å². The molecule has 2 aromatic carbocycles. The molecule has 158 valence electrons. The SMILES string of the molecule is O=C(Nc1nc(-c2ccc3c(c2)OCO3)cs1)c1cccc(NC(=O)C2CCCO2)c1. The lowest BCUT2D eigenvalue weighted by molar-refractivity contribution is -0.124. The molecule has 3 aromatic rings. The zero-order chi connectivity index (χ0) is 21.2. The molecule has 1 atom stereocenters. The van der Waals surface area contributed by atoms with Gasteiger partial charge in [0.1, 0.15) is 6.10 Å². The fourth-order valence-electron chi connectivity index (χ4n) is 3.43. The third-order valence-corrected chi connectivity index (χ3v) is 5.77. The molecule has 1 fully saturated rings. The van der Waals surface area contributed by atoms with Gasteiger partial charge in [-0.2, -0.15) is 0 Å². The minimum absolute atomic E-state index is 0.191. The van der Waals surface area contributed by atoms with Crippen molar-refractivity contribution in [3.8, 4) is 22.8 Å². The number of nitrogens with zero attached hydrogens (tertiary/aromatic N) is 1. The summed E-state index contributed by atoms with van der Waals surface area (Å²) in [6.45, 7) is 0.812. The number of carbonyl (C=O) groups is 2. The minimum atomic E-state index is -0.428. The van der Waals surface area contributed by atoms with E-state index in [-0.39, 0.29) is 18.6 Å². The van der Waals surface area contributed by atoms with E-state index in [2.05, 4.69) is 15.6 Å². The third-order valence-electron chi connectivity index (χ3n) is 5.01. The molecule has 3 heterocycles. The summed E-state index contributed by atoms with van der Waals surface area (Å²) in [7, 11) is 0. The van der Waals surface area contributed by atoms with Gasteiger partial charge in [0.05, 0.1) is 5.69 Å². The quantitative estimate of drug-likeness (QED) is 0.628. The van der Waals surface area contributed by atoms with E-state index in [0.717, 1.165) is 17.7 Å². The largest absolute Gasteiger partial charge is 0.454 e. The summed E-state index contributed by atoms with van der Waals surface area (Å²) in [6.07, 6.45) is 1.16. The van der Waals surface area contributed by atoms with Crippen molar-refractivity contribution < 1.29 is 23.8 Å². The standard InChI is InChI=1S/C22H19N3O5S/c26-20(14-3-1-4-15(9-14)23-21(27)18-5-2-8-28-18)25-22-24-16(11-31-22)13-6-7-17-19(10-13)30-12-29-17/h1,3-4,6-7,9-11,18H,2,5,8,12H2,(H,23,27)(H,24,25,26). The summed E-state index contributed by atoms with van der Waals surface area (Å²) in [4.78, 5) is 29.4. The first-order valence-electron chi connectivity index (χ1n) is 9.85. The van der Waals surface area contributed by atoms with E-state index in [1.165, 1.54) is 11.3 Å². The highest BCUT2D eigenvalue weighted by Crippen LogP contribution is 2.36. The molecule has 1 unspecified atom stereocenters. The van der Waals surface area contributed by atoms with Crippen LogP contribution < -0.4 is 20.1 Å². The second-order valence-corrected chi connectivity index (χ2v) is 7.99. The number of carbonyl (C=O) groups excluding carboxylic acids is 2. The first kappa shape index (κ1) is 19.5. The second-order valence-electron chi connectivity index (χ2n) is 7.13. The molecule has 2 aliphatic heterocycles. The average molecular weight is 437 g/mol. The van der Waals surface area contributed by atoms with Crippen molar-refractivity contribution in [2.45, 2.75) is 18.9 Å². The van der Waals surface area contributed by atoms with Crippen LogP contribution in [0.2, 0.25) is 0 Å². The van der Waals surface area contributed by atoms with Gasteiger partial charge in [-0.25, -0.2) is 4.98 Å². The van der Waals surface area contributed by atoms with Gasteiger partial charge in [-0.3, -0.25) is 14.9 Å². The van der Waals surface area contributed by atoms with Gasteiger partial charge in [-0.15, -0.1) is 11.3 Å². The third kappa shape index (κ3) is 4.23. The highest BCUT2D eigenvalue weighted by Gasteiger charge is 2.23. The molecule has 5 rings (SSSR count). The number of anilines is 2. The number of aromatic nitrogens is 1. The maximum atomic E-state index is 12.7. The van der Waals surface area contributed by atoms with Crippen molar-refractivity contribution in [3.05, 3.63) is 53.4 Å². The van der Waals surface area contributed by atoms with E-state index in [4.69, 9.17) is 14.2 Å². The summed E-state index contributed by atoms with van der Waals surface area (Å²) in [6, 6.07) is 12.4. The van der Waals surface area contributed by atoms with Gasteiger partial charge in [0.25, 0.3) is 11.8 Å². The van der Waals surface area contributed by atoms with Gasteiger partial charge in [0.15, 0.2) is 16.6 Å². The van der Waals surface area contributed by atoms with Crippen LogP contribution >= 0.6 is 11.3 Å². The molecule has 0 saturated carbocycles. The highest BCUT2D eigenvalue weighted by atomic mass is 32.1. The molecule has 2 aliphatic rings. The monoisotopic (exact) mass is 437 g/mol. The van der Waals surface area contributed by atoms with Crippen LogP contribution in [0, 0.1) is 0 Å². The molecule has 9 heteroatoms. The van der Waals surface area contributed by atoms with E-state index in [1.54, 1.807) is 24.3 Å². The highest BCUT2D eigenvalue weighted by molar-refractivity contribution is 7.14. The fourth-order valence-corrected chi connectivity index (χ4v) is 4.15. The van der Waals surface area contributed by atoms with E-state index < -0.39 is 6.10 Å². The number of ether oxygens (including phenoxy) is 3. The first-order valence-corrected chi connectivity index (χ1v) is 10.7. The van der Waals surface area contributed by atoms with E-state index >= 15 is 0 Å². The van der Waals surface area contributed by atoms with Crippen LogP contribution in [0.25, 0.3) is 11.3 Å². The van der Waals surface area contributed by atoms with Crippen LogP contribution in [0.1, 0.15) is 23.2 Å². The summed E-state index contributed by atoms with van der Waals surface area (Å²) in [5, 5.41) is 7.97. The Bertz CT molecular complexity index is 1140. The van der Waals surface area contributed by atoms with E-state index in [9.17, 15) is 9.59 Å². The van der Waals surface area contributed by atoms with Gasteiger partial charge >= 0.3 is 0 Å². The number of benzene rings is 2. The second kappa shape index (κ2) is 8.37. The Morgan fingerprint density at radius 2 is 1.97 bits per heavy atom. The van der Waals surface area contributed by atoms with Gasteiger partial charge < -0.3 is 19.5 Å². The van der Waals surface area contributed by atoms with Crippen LogP contribution in [0.5, 0.6) is 11.5 Å². The summed E-state index contributed by atoms with van der Waals surface area (Å²) in [5.41, 5.74) is 2.58. The Labute approximate surface area is 182 Å². The summed E-state index contributed by atoms with van der Waals surface area (Å²) >= 11 is 1.33. The van der Waals surface area contributed by atoms with Crippen LogP contribution in [-0.4, -0.2) is 36.3 Å². The predicted octanol–water partition coefficient (Wildman–Crippen LogP) is 3.91. The molecule has 2 amide bonds. The lowest BCUT2D eigenvalue weighted by atomic mass is 10.1. The van der Waals surface area contributed by atoms with Crippen LogP contribution in [-0.2, 0) is 9.53 Å². The molecule has 0 spiro atoms. The molecule has 31 heavy (non-hydrogen) atoms. The van der Waals surface area contributed by atoms with Gasteiger partial charge in [0.2, 0.25) is 6.79 Å². The number of nitrogens with one attached hydrogen (secondary N) is 2. The Balaban J connectivity index is 1.26. The zero-order valence-electron chi connectivity index (χ0n) is 16.4. The summed E-state index contributed by atoms with van der Waals surface area (Å²) < 4.78 is 16.1. The Morgan fingerprint density at radius 1 is 1.06 bits per heavy atom. The molecule has 0 radical (unpaired) electrons. The summed E-state index contributed by atoms with van der Waals surface area (Å²) in [5.74, 6) is 0.889. The lowest BCUT2D eigenvalue weighted by Crippen LogP contribution is -2.27.